The number of piperidine rings is 1. The largest absolute Gasteiger partial charge is 0.378 e. The van der Waals surface area contributed by atoms with Crippen molar-refractivity contribution in [2.24, 2.45) is 5.41 Å². The fourth-order valence-electron chi connectivity index (χ4n) is 6.74. The van der Waals surface area contributed by atoms with Crippen LogP contribution < -0.4 is 10.2 Å². The van der Waals surface area contributed by atoms with Crippen LogP contribution in [-0.2, 0) is 4.74 Å². The summed E-state index contributed by atoms with van der Waals surface area (Å²) in [5.41, 5.74) is 3.76. The van der Waals surface area contributed by atoms with E-state index < -0.39 is 0 Å². The maximum Gasteiger partial charge on any atom is 0.154 e. The van der Waals surface area contributed by atoms with Gasteiger partial charge in [0.25, 0.3) is 0 Å². The Kier molecular flexibility index (Phi) is 5.63. The predicted octanol–water partition coefficient (Wildman–Crippen LogP) is 3.67. The molecule has 174 valence electrons. The normalized spacial score (nSPS) is 29.1. The summed E-state index contributed by atoms with van der Waals surface area (Å²) in [6.07, 6.45) is 9.20. The lowest BCUT2D eigenvalue weighted by Crippen LogP contribution is -2.64. The number of rotatable bonds is 4. The summed E-state index contributed by atoms with van der Waals surface area (Å²) in [5.74, 6) is 1.29. The summed E-state index contributed by atoms with van der Waals surface area (Å²) in [7, 11) is 2.33. The number of ether oxygens (including phenoxy) is 1. The third kappa shape index (κ3) is 3.36. The molecule has 1 aromatic rings. The average molecular weight is 430 g/mol. The van der Waals surface area contributed by atoms with Gasteiger partial charge in [-0.2, -0.15) is 5.10 Å². The van der Waals surface area contributed by atoms with Gasteiger partial charge >= 0.3 is 0 Å². The molecule has 4 heterocycles. The van der Waals surface area contributed by atoms with Crippen LogP contribution >= 0.6 is 0 Å². The Morgan fingerprint density at radius 3 is 2.29 bits per heavy atom. The molecule has 2 spiro atoms. The Bertz CT molecular complexity index is 784. The highest BCUT2D eigenvalue weighted by atomic mass is 16.5. The zero-order valence-electron chi connectivity index (χ0n) is 20.4. The maximum absolute atomic E-state index is 5.46. The molecule has 2 aliphatic carbocycles. The van der Waals surface area contributed by atoms with Gasteiger partial charge in [0, 0.05) is 42.5 Å². The molecule has 1 atom stereocenters. The third-order valence-electron chi connectivity index (χ3n) is 9.29. The van der Waals surface area contributed by atoms with E-state index in [0.29, 0.717) is 29.1 Å². The zero-order valence-corrected chi connectivity index (χ0v) is 20.4. The first-order valence-corrected chi connectivity index (χ1v) is 12.8. The minimum Gasteiger partial charge on any atom is -0.378 e. The molecule has 6 heteroatoms. The standard InChI is InChI=1S/C23H37N5O.C2H6/c1-16-17(2)28(19-9-22(10-19)14-24-15-22)25-21(16)27-8-5-18(11-23(27)6-4-7-23)26(3)20-12-29-13-20;1-2/h18-20,24H,4-15H2,1-3H3;1-2H3. The number of likely N-dealkylation sites (N-methyl/N-ethyl adjacent to an activating group) is 1. The Morgan fingerprint density at radius 1 is 1.06 bits per heavy atom. The van der Waals surface area contributed by atoms with Crippen molar-refractivity contribution >= 4 is 5.82 Å². The SMILES string of the molecule is CC.Cc1c(N2CCC(N(C)C3COC3)CC23CCC3)nn(C2CC3(CNC3)C2)c1C. The van der Waals surface area contributed by atoms with Gasteiger partial charge in [-0.05, 0) is 71.3 Å². The number of hydrogen-bond donors (Lipinski definition) is 1. The van der Waals surface area contributed by atoms with Gasteiger partial charge in [0.2, 0.25) is 0 Å². The molecule has 3 aliphatic heterocycles. The molecule has 5 aliphatic rings. The zero-order chi connectivity index (χ0) is 21.8. The average Bonchev–Trinajstić information content (AvgIpc) is 2.93. The highest BCUT2D eigenvalue weighted by Crippen LogP contribution is 2.52. The third-order valence-corrected chi connectivity index (χ3v) is 9.29. The van der Waals surface area contributed by atoms with E-state index in [1.54, 1.807) is 0 Å². The molecule has 0 bridgehead atoms. The van der Waals surface area contributed by atoms with Crippen molar-refractivity contribution in [3.8, 4) is 0 Å². The first-order chi connectivity index (χ1) is 15.0. The van der Waals surface area contributed by atoms with Gasteiger partial charge in [-0.1, -0.05) is 13.8 Å². The van der Waals surface area contributed by atoms with Crippen molar-refractivity contribution in [2.75, 3.05) is 44.8 Å². The molecule has 2 saturated carbocycles. The lowest BCUT2D eigenvalue weighted by molar-refractivity contribution is -0.0783. The van der Waals surface area contributed by atoms with Crippen LogP contribution in [0.3, 0.4) is 0 Å². The van der Waals surface area contributed by atoms with E-state index in [1.807, 2.05) is 13.8 Å². The van der Waals surface area contributed by atoms with Crippen LogP contribution in [-0.4, -0.2) is 72.2 Å². The van der Waals surface area contributed by atoms with Crippen molar-refractivity contribution < 1.29 is 4.74 Å². The van der Waals surface area contributed by atoms with E-state index in [9.17, 15) is 0 Å². The highest BCUT2D eigenvalue weighted by Gasteiger charge is 2.52. The van der Waals surface area contributed by atoms with Crippen molar-refractivity contribution in [1.29, 1.82) is 0 Å². The Labute approximate surface area is 188 Å². The van der Waals surface area contributed by atoms with E-state index >= 15 is 0 Å². The van der Waals surface area contributed by atoms with Gasteiger partial charge < -0.3 is 15.0 Å². The molecule has 31 heavy (non-hydrogen) atoms. The minimum atomic E-state index is 0.344. The molecular weight excluding hydrogens is 386 g/mol. The summed E-state index contributed by atoms with van der Waals surface area (Å²) in [4.78, 5) is 5.36. The topological polar surface area (TPSA) is 45.6 Å². The molecule has 0 amide bonds. The number of anilines is 1. The van der Waals surface area contributed by atoms with Crippen LogP contribution in [0.1, 0.15) is 76.1 Å². The van der Waals surface area contributed by atoms with Gasteiger partial charge in [-0.3, -0.25) is 9.58 Å². The fraction of sp³-hybridized carbons (Fsp3) is 0.880. The summed E-state index contributed by atoms with van der Waals surface area (Å²) < 4.78 is 7.85. The van der Waals surface area contributed by atoms with Crippen LogP contribution in [0, 0.1) is 19.3 Å². The van der Waals surface area contributed by atoms with Crippen LogP contribution in [0.15, 0.2) is 0 Å². The molecule has 3 saturated heterocycles. The van der Waals surface area contributed by atoms with Crippen LogP contribution in [0.4, 0.5) is 5.82 Å². The van der Waals surface area contributed by atoms with Gasteiger partial charge in [-0.25, -0.2) is 0 Å². The molecule has 0 aromatic carbocycles. The van der Waals surface area contributed by atoms with Crippen molar-refractivity contribution in [2.45, 2.75) is 96.3 Å². The quantitative estimate of drug-likeness (QED) is 0.791. The lowest BCUT2D eigenvalue weighted by Gasteiger charge is -2.57. The van der Waals surface area contributed by atoms with Crippen molar-refractivity contribution in [1.82, 2.24) is 20.0 Å². The lowest BCUT2D eigenvalue weighted by atomic mass is 9.61. The van der Waals surface area contributed by atoms with E-state index in [2.05, 4.69) is 40.7 Å². The van der Waals surface area contributed by atoms with Gasteiger partial charge in [-0.15, -0.1) is 0 Å². The monoisotopic (exact) mass is 429 g/mol. The molecule has 1 aromatic heterocycles. The smallest absolute Gasteiger partial charge is 0.154 e. The number of aromatic nitrogens is 2. The van der Waals surface area contributed by atoms with Gasteiger partial charge in [0.05, 0.1) is 25.3 Å². The van der Waals surface area contributed by atoms with Crippen LogP contribution in [0.5, 0.6) is 0 Å². The molecule has 0 radical (unpaired) electrons. The molecule has 6 rings (SSSR count). The number of hydrogen-bond acceptors (Lipinski definition) is 5. The molecule has 1 unspecified atom stereocenters. The molecule has 5 fully saturated rings. The molecule has 1 N–H and O–H groups in total. The van der Waals surface area contributed by atoms with E-state index in [0.717, 1.165) is 19.8 Å². The second kappa shape index (κ2) is 8.03. The van der Waals surface area contributed by atoms with Gasteiger partial charge in [0.15, 0.2) is 5.82 Å². The van der Waals surface area contributed by atoms with Gasteiger partial charge in [0.1, 0.15) is 0 Å². The molecule has 6 nitrogen and oxygen atoms in total. The number of nitrogens with one attached hydrogen (secondary N) is 1. The summed E-state index contributed by atoms with van der Waals surface area (Å²) in [6, 6.07) is 1.95. The van der Waals surface area contributed by atoms with Crippen molar-refractivity contribution in [3.05, 3.63) is 11.3 Å². The number of nitrogens with zero attached hydrogens (tertiary/aromatic N) is 4. The molecular formula is C25H43N5O. The van der Waals surface area contributed by atoms with E-state index in [4.69, 9.17) is 9.84 Å². The second-order valence-electron chi connectivity index (χ2n) is 10.9. The predicted molar refractivity (Wildman–Crippen MR) is 126 cm³/mol. The second-order valence-corrected chi connectivity index (χ2v) is 10.9. The first kappa shape index (κ1) is 21.7. The minimum absolute atomic E-state index is 0.344. The van der Waals surface area contributed by atoms with E-state index in [-0.39, 0.29) is 0 Å². The Hall–Kier alpha value is -1.11. The van der Waals surface area contributed by atoms with Crippen molar-refractivity contribution in [3.63, 3.8) is 0 Å². The Morgan fingerprint density at radius 2 is 1.77 bits per heavy atom. The fourth-order valence-corrected chi connectivity index (χ4v) is 6.74. The highest BCUT2D eigenvalue weighted by molar-refractivity contribution is 5.52. The maximum atomic E-state index is 5.46. The van der Waals surface area contributed by atoms with Crippen LogP contribution in [0.25, 0.3) is 0 Å². The summed E-state index contributed by atoms with van der Waals surface area (Å²) in [6.45, 7) is 14.0. The summed E-state index contributed by atoms with van der Waals surface area (Å²) in [5, 5.41) is 8.74. The van der Waals surface area contributed by atoms with Crippen LogP contribution in [0.2, 0.25) is 0 Å². The van der Waals surface area contributed by atoms with E-state index in [1.165, 1.54) is 75.1 Å². The summed E-state index contributed by atoms with van der Waals surface area (Å²) >= 11 is 0. The first-order valence-electron chi connectivity index (χ1n) is 12.8. The Balaban J connectivity index is 0.000000994.